The zero-order valence-corrected chi connectivity index (χ0v) is 12.1. The summed E-state index contributed by atoms with van der Waals surface area (Å²) in [6.45, 7) is 2.09. The van der Waals surface area contributed by atoms with Gasteiger partial charge in [0.05, 0.1) is 5.02 Å². The van der Waals surface area contributed by atoms with Crippen LogP contribution in [0.1, 0.15) is 12.5 Å². The molecule has 2 rings (SSSR count). The lowest BCUT2D eigenvalue weighted by Crippen LogP contribution is -1.88. The maximum absolute atomic E-state index is 9.27. The molecule has 0 radical (unpaired) electrons. The van der Waals surface area contributed by atoms with E-state index in [1.807, 2.05) is 18.2 Å². The van der Waals surface area contributed by atoms with Crippen LogP contribution in [0.15, 0.2) is 40.9 Å². The van der Waals surface area contributed by atoms with E-state index < -0.39 is 0 Å². The van der Waals surface area contributed by atoms with Crippen LogP contribution in [0.2, 0.25) is 5.02 Å². The first-order valence-electron chi connectivity index (χ1n) is 5.55. The maximum atomic E-state index is 9.27. The molecule has 2 aromatic rings. The summed E-state index contributed by atoms with van der Waals surface area (Å²) in [6, 6.07) is 10.4. The summed E-state index contributed by atoms with van der Waals surface area (Å²) >= 11 is 9.48. The minimum atomic E-state index is 0.120. The minimum absolute atomic E-state index is 0.120. The summed E-state index contributed by atoms with van der Waals surface area (Å²) in [5, 5.41) is 9.65. The van der Waals surface area contributed by atoms with Gasteiger partial charge in [-0.1, -0.05) is 40.5 Å². The zero-order chi connectivity index (χ0) is 13.1. The Morgan fingerprint density at radius 3 is 2.61 bits per heavy atom. The summed E-state index contributed by atoms with van der Waals surface area (Å²) in [7, 11) is 0. The van der Waals surface area contributed by atoms with E-state index in [2.05, 4.69) is 22.9 Å². The van der Waals surface area contributed by atoms with Crippen molar-refractivity contribution in [3.05, 3.63) is 51.5 Å². The molecule has 1 N–H and O–H groups in total. The predicted molar refractivity (Wildman–Crippen MR) is 76.7 cm³/mol. The third kappa shape index (κ3) is 2.98. The Labute approximate surface area is 119 Å². The Hall–Kier alpha value is -1.19. The monoisotopic (exact) mass is 326 g/mol. The number of phenolic OH excluding ortho intramolecular Hbond substituents is 1. The average Bonchev–Trinajstić information content (AvgIpc) is 2.33. The number of hydrogen-bond acceptors (Lipinski definition) is 2. The van der Waals surface area contributed by atoms with Crippen molar-refractivity contribution < 1.29 is 9.84 Å². The molecule has 0 spiro atoms. The van der Waals surface area contributed by atoms with Gasteiger partial charge in [-0.05, 0) is 36.2 Å². The first kappa shape index (κ1) is 13.2. The predicted octanol–water partition coefficient (Wildman–Crippen LogP) is 5.16. The number of aromatic hydroxyl groups is 1. The zero-order valence-electron chi connectivity index (χ0n) is 9.78. The van der Waals surface area contributed by atoms with Crippen molar-refractivity contribution in [3.63, 3.8) is 0 Å². The van der Waals surface area contributed by atoms with E-state index in [4.69, 9.17) is 16.3 Å². The quantitative estimate of drug-likeness (QED) is 0.843. The average molecular weight is 328 g/mol. The Balaban J connectivity index is 2.26. The van der Waals surface area contributed by atoms with Crippen molar-refractivity contribution in [2.24, 2.45) is 0 Å². The van der Waals surface area contributed by atoms with E-state index >= 15 is 0 Å². The van der Waals surface area contributed by atoms with E-state index in [1.165, 1.54) is 17.7 Å². The Morgan fingerprint density at radius 2 is 2.00 bits per heavy atom. The molecule has 0 unspecified atom stereocenters. The molecule has 0 atom stereocenters. The number of ether oxygens (including phenoxy) is 1. The Kier molecular flexibility index (Phi) is 4.15. The summed E-state index contributed by atoms with van der Waals surface area (Å²) in [4.78, 5) is 0. The molecule has 2 aromatic carbocycles. The number of benzene rings is 2. The van der Waals surface area contributed by atoms with Crippen LogP contribution in [0, 0.1) is 0 Å². The van der Waals surface area contributed by atoms with Gasteiger partial charge in [-0.3, -0.25) is 0 Å². The number of halogens is 2. The van der Waals surface area contributed by atoms with Gasteiger partial charge >= 0.3 is 0 Å². The molecule has 0 amide bonds. The van der Waals surface area contributed by atoms with Crippen LogP contribution in [-0.4, -0.2) is 5.11 Å². The first-order valence-corrected chi connectivity index (χ1v) is 6.72. The van der Waals surface area contributed by atoms with Gasteiger partial charge in [-0.15, -0.1) is 0 Å². The molecule has 0 heterocycles. The fourth-order valence-corrected chi connectivity index (χ4v) is 2.43. The summed E-state index contributed by atoms with van der Waals surface area (Å²) in [5.74, 6) is 1.34. The van der Waals surface area contributed by atoms with Crippen molar-refractivity contribution >= 4 is 27.5 Å². The van der Waals surface area contributed by atoms with Crippen LogP contribution in [0.4, 0.5) is 0 Å². The molecular weight excluding hydrogens is 316 g/mol. The van der Waals surface area contributed by atoms with Gasteiger partial charge in [-0.2, -0.15) is 0 Å². The lowest BCUT2D eigenvalue weighted by Gasteiger charge is -2.09. The number of hydrogen-bond donors (Lipinski definition) is 1. The molecule has 0 bridgehead atoms. The number of phenols is 1. The van der Waals surface area contributed by atoms with Gasteiger partial charge in [0.1, 0.15) is 17.2 Å². The molecule has 4 heteroatoms. The molecule has 0 saturated carbocycles. The largest absolute Gasteiger partial charge is 0.508 e. The molecule has 0 aromatic heterocycles. The minimum Gasteiger partial charge on any atom is -0.508 e. The summed E-state index contributed by atoms with van der Waals surface area (Å²) in [5.41, 5.74) is 1.22. The van der Waals surface area contributed by atoms with Gasteiger partial charge in [0, 0.05) is 10.5 Å². The molecule has 2 nitrogen and oxygen atoms in total. The van der Waals surface area contributed by atoms with Gasteiger partial charge in [0.2, 0.25) is 0 Å². The van der Waals surface area contributed by atoms with Gasteiger partial charge in [0.25, 0.3) is 0 Å². The molecule has 0 aliphatic carbocycles. The second-order valence-corrected chi connectivity index (χ2v) is 5.09. The molecule has 0 aliphatic heterocycles. The fourth-order valence-electron chi connectivity index (χ4n) is 1.58. The smallest absolute Gasteiger partial charge is 0.146 e. The molecule has 0 saturated heterocycles. The van der Waals surface area contributed by atoms with Crippen molar-refractivity contribution in [3.8, 4) is 17.2 Å². The van der Waals surface area contributed by atoms with Crippen LogP contribution in [0.5, 0.6) is 17.2 Å². The molecule has 0 aliphatic rings. The van der Waals surface area contributed by atoms with E-state index in [-0.39, 0.29) is 5.75 Å². The highest BCUT2D eigenvalue weighted by molar-refractivity contribution is 9.10. The van der Waals surface area contributed by atoms with Crippen LogP contribution < -0.4 is 4.74 Å². The van der Waals surface area contributed by atoms with E-state index in [9.17, 15) is 5.11 Å². The maximum Gasteiger partial charge on any atom is 0.146 e. The van der Waals surface area contributed by atoms with Crippen molar-refractivity contribution in [1.82, 2.24) is 0 Å². The van der Waals surface area contributed by atoms with Crippen LogP contribution in [0.3, 0.4) is 0 Å². The van der Waals surface area contributed by atoms with E-state index in [0.29, 0.717) is 16.5 Å². The Morgan fingerprint density at radius 1 is 1.22 bits per heavy atom. The first-order chi connectivity index (χ1) is 8.60. The topological polar surface area (TPSA) is 29.5 Å². The fraction of sp³-hybridized carbons (Fsp3) is 0.143. The van der Waals surface area contributed by atoms with Crippen molar-refractivity contribution in [2.45, 2.75) is 13.3 Å². The summed E-state index contributed by atoms with van der Waals surface area (Å²) in [6.07, 6.45) is 0.959. The van der Waals surface area contributed by atoms with Crippen LogP contribution in [-0.2, 0) is 6.42 Å². The normalized spacial score (nSPS) is 10.4. The van der Waals surface area contributed by atoms with E-state index in [0.717, 1.165) is 10.9 Å². The lowest BCUT2D eigenvalue weighted by molar-refractivity contribution is 0.464. The second-order valence-electron chi connectivity index (χ2n) is 3.82. The number of aryl methyl sites for hydroxylation is 1. The molecular formula is C14H12BrClO2. The highest BCUT2D eigenvalue weighted by Crippen LogP contribution is 2.33. The van der Waals surface area contributed by atoms with E-state index in [1.54, 1.807) is 6.07 Å². The van der Waals surface area contributed by atoms with Crippen molar-refractivity contribution in [2.75, 3.05) is 0 Å². The molecule has 94 valence electrons. The third-order valence-corrected chi connectivity index (χ3v) is 3.58. The van der Waals surface area contributed by atoms with Gasteiger partial charge in [-0.25, -0.2) is 0 Å². The second kappa shape index (κ2) is 5.63. The van der Waals surface area contributed by atoms with Gasteiger partial charge in [0.15, 0.2) is 0 Å². The third-order valence-electron chi connectivity index (χ3n) is 2.55. The SMILES string of the molecule is CCc1ccc(Oc2ccc(O)cc2Cl)cc1Br. The molecule has 18 heavy (non-hydrogen) atoms. The van der Waals surface area contributed by atoms with Crippen molar-refractivity contribution in [1.29, 1.82) is 0 Å². The number of rotatable bonds is 3. The summed E-state index contributed by atoms with van der Waals surface area (Å²) < 4.78 is 6.68. The molecule has 0 fully saturated rings. The van der Waals surface area contributed by atoms with Crippen LogP contribution >= 0.6 is 27.5 Å². The Bertz CT molecular complexity index is 570. The standard InChI is InChI=1S/C14H12BrClO2/c1-2-9-3-5-11(8-12(9)15)18-14-6-4-10(17)7-13(14)16/h3-8,17H,2H2,1H3. The highest BCUT2D eigenvalue weighted by Gasteiger charge is 2.06. The lowest BCUT2D eigenvalue weighted by atomic mass is 10.2. The van der Waals surface area contributed by atoms with Crippen LogP contribution in [0.25, 0.3) is 0 Å². The highest BCUT2D eigenvalue weighted by atomic mass is 79.9. The van der Waals surface area contributed by atoms with Gasteiger partial charge < -0.3 is 9.84 Å².